The molecule has 2 aromatic heterocycles. The van der Waals surface area contributed by atoms with Gasteiger partial charge in [0.1, 0.15) is 10.6 Å². The fourth-order valence-corrected chi connectivity index (χ4v) is 2.50. The van der Waals surface area contributed by atoms with Gasteiger partial charge in [-0.3, -0.25) is 10.1 Å². The van der Waals surface area contributed by atoms with Crippen LogP contribution in [0.5, 0.6) is 0 Å². The molecule has 0 bridgehead atoms. The van der Waals surface area contributed by atoms with Crippen LogP contribution in [0.2, 0.25) is 0 Å². The highest BCUT2D eigenvalue weighted by molar-refractivity contribution is 7.18. The van der Waals surface area contributed by atoms with Gasteiger partial charge in [0.15, 0.2) is 16.7 Å². The molecule has 0 aliphatic carbocycles. The number of carboxylic acid groups (broad SMARTS) is 1. The van der Waals surface area contributed by atoms with Crippen molar-refractivity contribution >= 4 is 28.3 Å². The number of carbonyl (C=O) groups is 2. The van der Waals surface area contributed by atoms with Crippen molar-refractivity contribution < 1.29 is 19.1 Å². The Labute approximate surface area is 113 Å². The number of anilines is 1. The first-order valence-corrected chi connectivity index (χ1v) is 6.51. The van der Waals surface area contributed by atoms with E-state index in [1.165, 1.54) is 6.26 Å². The third kappa shape index (κ3) is 3.00. The van der Waals surface area contributed by atoms with E-state index >= 15 is 0 Å². The second kappa shape index (κ2) is 5.66. The molecule has 1 amide bonds. The molecule has 2 N–H and O–H groups in total. The van der Waals surface area contributed by atoms with E-state index in [1.807, 2.05) is 6.92 Å². The Morgan fingerprint density at radius 2 is 2.32 bits per heavy atom. The first-order chi connectivity index (χ1) is 9.11. The van der Waals surface area contributed by atoms with Crippen LogP contribution in [-0.4, -0.2) is 22.0 Å². The van der Waals surface area contributed by atoms with E-state index in [9.17, 15) is 9.59 Å². The maximum atomic E-state index is 12.0. The highest BCUT2D eigenvalue weighted by Gasteiger charge is 2.21. The smallest absolute Gasteiger partial charge is 0.410 e. The highest BCUT2D eigenvalue weighted by Crippen LogP contribution is 2.32. The van der Waals surface area contributed by atoms with Crippen molar-refractivity contribution in [2.45, 2.75) is 19.8 Å². The predicted octanol–water partition coefficient (Wildman–Crippen LogP) is 3.48. The average molecular weight is 280 g/mol. The molecule has 6 nitrogen and oxygen atoms in total. The van der Waals surface area contributed by atoms with Gasteiger partial charge in [0, 0.05) is 6.42 Å². The molecule has 0 saturated carbocycles. The van der Waals surface area contributed by atoms with Gasteiger partial charge >= 0.3 is 6.09 Å². The molecule has 0 aliphatic rings. The molecule has 0 spiro atoms. The van der Waals surface area contributed by atoms with Gasteiger partial charge in [-0.2, -0.15) is 0 Å². The SMILES string of the molecule is CCCC(=O)c1sc(NC(=O)O)nc1-c1ccco1. The van der Waals surface area contributed by atoms with E-state index in [0.29, 0.717) is 22.8 Å². The monoisotopic (exact) mass is 280 g/mol. The summed E-state index contributed by atoms with van der Waals surface area (Å²) < 4.78 is 5.22. The standard InChI is InChI=1S/C12H12N2O4S/c1-2-4-7(15)10-9(8-5-3-6-18-8)13-11(19-10)14-12(16)17/h3,5-6H,2,4H2,1H3,(H,13,14)(H,16,17). The van der Waals surface area contributed by atoms with Crippen molar-refractivity contribution in [1.29, 1.82) is 0 Å². The van der Waals surface area contributed by atoms with Crippen molar-refractivity contribution in [3.63, 3.8) is 0 Å². The van der Waals surface area contributed by atoms with E-state index in [2.05, 4.69) is 10.3 Å². The van der Waals surface area contributed by atoms with Gasteiger partial charge in [0.2, 0.25) is 0 Å². The zero-order chi connectivity index (χ0) is 13.8. The Morgan fingerprint density at radius 1 is 1.53 bits per heavy atom. The molecule has 2 rings (SSSR count). The summed E-state index contributed by atoms with van der Waals surface area (Å²) >= 11 is 1.02. The van der Waals surface area contributed by atoms with Crippen LogP contribution in [0.1, 0.15) is 29.4 Å². The Balaban J connectivity index is 2.41. The van der Waals surface area contributed by atoms with Gasteiger partial charge in [-0.15, -0.1) is 0 Å². The van der Waals surface area contributed by atoms with Crippen LogP contribution in [0.4, 0.5) is 9.93 Å². The number of nitrogens with one attached hydrogen (secondary N) is 1. The number of nitrogens with zero attached hydrogens (tertiary/aromatic N) is 1. The quantitative estimate of drug-likeness (QED) is 0.818. The van der Waals surface area contributed by atoms with Crippen molar-refractivity contribution in [1.82, 2.24) is 4.98 Å². The Hall–Kier alpha value is -2.15. The minimum atomic E-state index is -1.21. The summed E-state index contributed by atoms with van der Waals surface area (Å²) in [5.74, 6) is 0.388. The third-order valence-electron chi connectivity index (χ3n) is 2.33. The minimum Gasteiger partial charge on any atom is -0.465 e. The third-order valence-corrected chi connectivity index (χ3v) is 3.34. The van der Waals surface area contributed by atoms with Gasteiger partial charge in [0.25, 0.3) is 0 Å². The first kappa shape index (κ1) is 13.3. The summed E-state index contributed by atoms with van der Waals surface area (Å²) in [6.45, 7) is 1.90. The van der Waals surface area contributed by atoms with Crippen LogP contribution in [0.15, 0.2) is 22.8 Å². The lowest BCUT2D eigenvalue weighted by atomic mass is 10.1. The lowest BCUT2D eigenvalue weighted by Crippen LogP contribution is -2.06. The van der Waals surface area contributed by atoms with Crippen molar-refractivity contribution in [2.24, 2.45) is 0 Å². The topological polar surface area (TPSA) is 92.4 Å². The second-order valence-electron chi connectivity index (χ2n) is 3.78. The summed E-state index contributed by atoms with van der Waals surface area (Å²) in [6.07, 6.45) is 1.38. The summed E-state index contributed by atoms with van der Waals surface area (Å²) in [5, 5.41) is 11.0. The molecular weight excluding hydrogens is 268 g/mol. The number of thiazole rings is 1. The average Bonchev–Trinajstić information content (AvgIpc) is 2.96. The van der Waals surface area contributed by atoms with Crippen molar-refractivity contribution in [3.8, 4) is 11.5 Å². The number of rotatable bonds is 5. The van der Waals surface area contributed by atoms with E-state index in [0.717, 1.165) is 17.8 Å². The summed E-state index contributed by atoms with van der Waals surface area (Å²) in [7, 11) is 0. The van der Waals surface area contributed by atoms with Gasteiger partial charge < -0.3 is 9.52 Å². The normalized spacial score (nSPS) is 10.4. The highest BCUT2D eigenvalue weighted by atomic mass is 32.1. The molecule has 7 heteroatoms. The molecule has 0 atom stereocenters. The number of carbonyl (C=O) groups excluding carboxylic acids is 1. The van der Waals surface area contributed by atoms with Crippen LogP contribution in [0.25, 0.3) is 11.5 Å². The maximum absolute atomic E-state index is 12.0. The number of hydrogen-bond donors (Lipinski definition) is 2. The molecule has 0 aromatic carbocycles. The maximum Gasteiger partial charge on any atom is 0.410 e. The largest absolute Gasteiger partial charge is 0.465 e. The second-order valence-corrected chi connectivity index (χ2v) is 4.78. The van der Waals surface area contributed by atoms with Gasteiger partial charge in [-0.1, -0.05) is 18.3 Å². The fourth-order valence-electron chi connectivity index (χ4n) is 1.57. The molecule has 0 radical (unpaired) electrons. The minimum absolute atomic E-state index is 0.0650. The Kier molecular flexibility index (Phi) is 3.96. The van der Waals surface area contributed by atoms with Crippen molar-refractivity contribution in [2.75, 3.05) is 5.32 Å². The van der Waals surface area contributed by atoms with E-state index in [1.54, 1.807) is 12.1 Å². The number of furan rings is 1. The van der Waals surface area contributed by atoms with Crippen LogP contribution < -0.4 is 5.32 Å². The van der Waals surface area contributed by atoms with Crippen LogP contribution in [0.3, 0.4) is 0 Å². The Morgan fingerprint density at radius 3 is 2.89 bits per heavy atom. The molecule has 2 aromatic rings. The lowest BCUT2D eigenvalue weighted by molar-refractivity contribution is 0.0986. The van der Waals surface area contributed by atoms with Gasteiger partial charge in [-0.25, -0.2) is 9.78 Å². The van der Waals surface area contributed by atoms with Crippen LogP contribution in [0, 0.1) is 0 Å². The number of aromatic nitrogens is 1. The van der Waals surface area contributed by atoms with Gasteiger partial charge in [0.05, 0.1) is 6.26 Å². The van der Waals surface area contributed by atoms with Crippen molar-refractivity contribution in [3.05, 3.63) is 23.3 Å². The lowest BCUT2D eigenvalue weighted by Gasteiger charge is -1.96. The number of Topliss-reactive ketones (excluding diaryl/α,β-unsaturated/α-hetero) is 1. The zero-order valence-electron chi connectivity index (χ0n) is 10.2. The fraction of sp³-hybridized carbons (Fsp3) is 0.250. The zero-order valence-corrected chi connectivity index (χ0v) is 11.0. The number of hydrogen-bond acceptors (Lipinski definition) is 5. The molecular formula is C12H12N2O4S. The molecule has 0 saturated heterocycles. The molecule has 0 unspecified atom stereocenters. The van der Waals surface area contributed by atoms with Gasteiger partial charge in [-0.05, 0) is 18.6 Å². The number of ketones is 1. The summed E-state index contributed by atoms with van der Waals surface area (Å²) in [5.41, 5.74) is 0.386. The predicted molar refractivity (Wildman–Crippen MR) is 70.7 cm³/mol. The van der Waals surface area contributed by atoms with Crippen LogP contribution >= 0.6 is 11.3 Å². The molecule has 2 heterocycles. The molecule has 100 valence electrons. The number of amides is 1. The van der Waals surface area contributed by atoms with E-state index in [4.69, 9.17) is 9.52 Å². The molecule has 0 fully saturated rings. The molecule has 19 heavy (non-hydrogen) atoms. The Bertz CT molecular complexity index is 589. The van der Waals surface area contributed by atoms with E-state index in [-0.39, 0.29) is 10.9 Å². The van der Waals surface area contributed by atoms with Crippen LogP contribution in [-0.2, 0) is 0 Å². The van der Waals surface area contributed by atoms with E-state index < -0.39 is 6.09 Å². The molecule has 0 aliphatic heterocycles. The summed E-state index contributed by atoms with van der Waals surface area (Å²) in [6, 6.07) is 3.37. The first-order valence-electron chi connectivity index (χ1n) is 5.69. The summed E-state index contributed by atoms with van der Waals surface area (Å²) in [4.78, 5) is 27.2.